The first-order valence-electron chi connectivity index (χ1n) is 9.88. The molecule has 8 nitrogen and oxygen atoms in total. The molecule has 1 aliphatic carbocycles. The van der Waals surface area contributed by atoms with Crippen molar-refractivity contribution in [2.75, 3.05) is 37.0 Å². The Hall–Kier alpha value is -2.52. The second kappa shape index (κ2) is 8.46. The van der Waals surface area contributed by atoms with Gasteiger partial charge in [-0.15, -0.1) is 10.2 Å². The monoisotopic (exact) mass is 415 g/mol. The minimum Gasteiger partial charge on any atom is -0.495 e. The van der Waals surface area contributed by atoms with E-state index in [1.54, 1.807) is 12.0 Å². The van der Waals surface area contributed by atoms with E-state index >= 15 is 0 Å². The molecule has 0 bridgehead atoms. The Labute approximate surface area is 173 Å². The largest absolute Gasteiger partial charge is 0.495 e. The van der Waals surface area contributed by atoms with Crippen molar-refractivity contribution in [2.45, 2.75) is 38.1 Å². The number of hydrogen-bond donors (Lipinski definition) is 1. The third kappa shape index (κ3) is 4.11. The summed E-state index contributed by atoms with van der Waals surface area (Å²) >= 11 is 1.45. The van der Waals surface area contributed by atoms with Crippen LogP contribution in [0.5, 0.6) is 5.75 Å². The number of hydrogen-bond acceptors (Lipinski definition) is 7. The van der Waals surface area contributed by atoms with Gasteiger partial charge < -0.3 is 9.64 Å². The van der Waals surface area contributed by atoms with Gasteiger partial charge >= 0.3 is 0 Å². The highest BCUT2D eigenvalue weighted by atomic mass is 32.1. The second-order valence-electron chi connectivity index (χ2n) is 7.43. The number of piperazine rings is 1. The standard InChI is InChI=1S/C20H25N5O3S/c1-13-19(27)25(15-8-3-4-9-16(15)28-2)11-10-24(13)12-17(26)21-20-23-22-18(29-20)14-6-5-7-14/h3-4,8-9,13-14H,5-7,10-12H2,1-2H3,(H,21,23,26). The van der Waals surface area contributed by atoms with Crippen molar-refractivity contribution in [3.8, 4) is 5.75 Å². The molecule has 0 spiro atoms. The van der Waals surface area contributed by atoms with E-state index in [-0.39, 0.29) is 18.4 Å². The number of aromatic nitrogens is 2. The summed E-state index contributed by atoms with van der Waals surface area (Å²) in [4.78, 5) is 29.0. The average Bonchev–Trinajstić information content (AvgIpc) is 3.12. The maximum absolute atomic E-state index is 12.9. The van der Waals surface area contributed by atoms with Gasteiger partial charge in [0.2, 0.25) is 16.9 Å². The lowest BCUT2D eigenvalue weighted by Crippen LogP contribution is -2.57. The van der Waals surface area contributed by atoms with E-state index in [1.165, 1.54) is 17.8 Å². The number of carbonyl (C=O) groups excluding carboxylic acids is 2. The Morgan fingerprint density at radius 3 is 2.79 bits per heavy atom. The van der Waals surface area contributed by atoms with Gasteiger partial charge in [0.1, 0.15) is 10.8 Å². The van der Waals surface area contributed by atoms with Gasteiger partial charge in [-0.2, -0.15) is 0 Å². The van der Waals surface area contributed by atoms with Crippen LogP contribution in [0.15, 0.2) is 24.3 Å². The summed E-state index contributed by atoms with van der Waals surface area (Å²) in [6.07, 6.45) is 3.54. The predicted molar refractivity (Wildman–Crippen MR) is 112 cm³/mol. The van der Waals surface area contributed by atoms with E-state index in [0.29, 0.717) is 29.9 Å². The van der Waals surface area contributed by atoms with Crippen LogP contribution < -0.4 is 15.0 Å². The molecule has 29 heavy (non-hydrogen) atoms. The van der Waals surface area contributed by atoms with Crippen LogP contribution in [0.3, 0.4) is 0 Å². The molecule has 2 fully saturated rings. The number of ether oxygens (including phenoxy) is 1. The van der Waals surface area contributed by atoms with Crippen LogP contribution in [-0.2, 0) is 9.59 Å². The van der Waals surface area contributed by atoms with Crippen molar-refractivity contribution < 1.29 is 14.3 Å². The highest BCUT2D eigenvalue weighted by Crippen LogP contribution is 2.38. The lowest BCUT2D eigenvalue weighted by atomic mass is 9.86. The van der Waals surface area contributed by atoms with Gasteiger partial charge in [-0.05, 0) is 31.9 Å². The number of carbonyl (C=O) groups is 2. The maximum atomic E-state index is 12.9. The molecule has 1 saturated heterocycles. The Morgan fingerprint density at radius 2 is 2.07 bits per heavy atom. The molecule has 1 aromatic heterocycles. The number of rotatable bonds is 6. The second-order valence-corrected chi connectivity index (χ2v) is 8.44. The van der Waals surface area contributed by atoms with Gasteiger partial charge in [0.15, 0.2) is 0 Å². The molecular formula is C20H25N5O3S. The minimum atomic E-state index is -0.403. The number of methoxy groups -OCH3 is 1. The normalized spacial score (nSPS) is 20.4. The van der Waals surface area contributed by atoms with Gasteiger partial charge in [0, 0.05) is 19.0 Å². The number of anilines is 2. The highest BCUT2D eigenvalue weighted by molar-refractivity contribution is 7.15. The van der Waals surface area contributed by atoms with Crippen molar-refractivity contribution in [3.05, 3.63) is 29.3 Å². The predicted octanol–water partition coefficient (Wildman–Crippen LogP) is 2.49. The van der Waals surface area contributed by atoms with Crippen LogP contribution in [0.1, 0.15) is 37.1 Å². The van der Waals surface area contributed by atoms with E-state index in [0.717, 1.165) is 23.5 Å². The molecule has 2 heterocycles. The first kappa shape index (κ1) is 19.8. The maximum Gasteiger partial charge on any atom is 0.244 e. The zero-order chi connectivity index (χ0) is 20.4. The summed E-state index contributed by atoms with van der Waals surface area (Å²) in [5, 5.41) is 12.6. The number of benzene rings is 1. The number of para-hydroxylation sites is 2. The van der Waals surface area contributed by atoms with Gasteiger partial charge in [-0.25, -0.2) is 0 Å². The molecule has 4 rings (SSSR count). The average molecular weight is 416 g/mol. The van der Waals surface area contributed by atoms with Crippen molar-refractivity contribution >= 4 is 34.0 Å². The molecular weight excluding hydrogens is 390 g/mol. The van der Waals surface area contributed by atoms with E-state index in [4.69, 9.17) is 4.74 Å². The minimum absolute atomic E-state index is 0.0447. The molecule has 2 aromatic rings. The molecule has 1 atom stereocenters. The fourth-order valence-corrected chi connectivity index (χ4v) is 4.60. The zero-order valence-electron chi connectivity index (χ0n) is 16.6. The summed E-state index contributed by atoms with van der Waals surface area (Å²) in [5.41, 5.74) is 0.758. The Kier molecular flexibility index (Phi) is 5.77. The van der Waals surface area contributed by atoms with E-state index in [1.807, 2.05) is 36.1 Å². The third-order valence-corrected chi connectivity index (χ3v) is 6.65. The Bertz CT molecular complexity index is 898. The topological polar surface area (TPSA) is 87.7 Å². The smallest absolute Gasteiger partial charge is 0.244 e. The van der Waals surface area contributed by atoms with Gasteiger partial charge in [0.05, 0.1) is 25.4 Å². The quantitative estimate of drug-likeness (QED) is 0.780. The molecule has 0 radical (unpaired) electrons. The van der Waals surface area contributed by atoms with E-state index < -0.39 is 6.04 Å². The summed E-state index contributed by atoms with van der Waals surface area (Å²) in [6.45, 7) is 3.07. The molecule has 154 valence electrons. The molecule has 2 aliphatic rings. The van der Waals surface area contributed by atoms with Crippen LogP contribution >= 0.6 is 11.3 Å². The van der Waals surface area contributed by atoms with Crippen LogP contribution in [0.25, 0.3) is 0 Å². The fourth-order valence-electron chi connectivity index (χ4n) is 3.67. The van der Waals surface area contributed by atoms with Crippen molar-refractivity contribution in [1.82, 2.24) is 15.1 Å². The van der Waals surface area contributed by atoms with Gasteiger partial charge in [-0.3, -0.25) is 19.8 Å². The van der Waals surface area contributed by atoms with Crippen LogP contribution in [0.2, 0.25) is 0 Å². The highest BCUT2D eigenvalue weighted by Gasteiger charge is 2.34. The number of amides is 2. The molecule has 2 amide bonds. The van der Waals surface area contributed by atoms with Crippen molar-refractivity contribution in [3.63, 3.8) is 0 Å². The lowest BCUT2D eigenvalue weighted by molar-refractivity contribution is -0.127. The summed E-state index contributed by atoms with van der Waals surface area (Å²) in [5.74, 6) is 0.945. The van der Waals surface area contributed by atoms with Crippen LogP contribution in [0.4, 0.5) is 10.8 Å². The molecule has 9 heteroatoms. The molecule has 1 unspecified atom stereocenters. The van der Waals surface area contributed by atoms with E-state index in [2.05, 4.69) is 15.5 Å². The van der Waals surface area contributed by atoms with Crippen LogP contribution in [0, 0.1) is 0 Å². The summed E-state index contributed by atoms with van der Waals surface area (Å²) in [7, 11) is 1.59. The summed E-state index contributed by atoms with van der Waals surface area (Å²) in [6, 6.07) is 7.07. The molecule has 1 aliphatic heterocycles. The first-order valence-corrected chi connectivity index (χ1v) is 10.7. The zero-order valence-corrected chi connectivity index (χ0v) is 17.4. The van der Waals surface area contributed by atoms with Gasteiger partial charge in [-0.1, -0.05) is 29.9 Å². The van der Waals surface area contributed by atoms with Crippen LogP contribution in [-0.4, -0.2) is 59.7 Å². The summed E-state index contributed by atoms with van der Waals surface area (Å²) < 4.78 is 5.39. The van der Waals surface area contributed by atoms with Gasteiger partial charge in [0.25, 0.3) is 0 Å². The van der Waals surface area contributed by atoms with E-state index in [9.17, 15) is 9.59 Å². The molecule has 1 aromatic carbocycles. The molecule has 1 N–H and O–H groups in total. The number of nitrogens with zero attached hydrogens (tertiary/aromatic N) is 4. The first-order chi connectivity index (χ1) is 14.1. The Morgan fingerprint density at radius 1 is 1.28 bits per heavy atom. The van der Waals surface area contributed by atoms with Crippen molar-refractivity contribution in [1.29, 1.82) is 0 Å². The SMILES string of the molecule is COc1ccccc1N1CCN(CC(=O)Nc2nnc(C3CCC3)s2)C(C)C1=O. The van der Waals surface area contributed by atoms with Crippen molar-refractivity contribution in [2.24, 2.45) is 0 Å². The molecule has 1 saturated carbocycles. The fraction of sp³-hybridized carbons (Fsp3) is 0.500. The third-order valence-electron chi connectivity index (χ3n) is 5.65. The lowest BCUT2D eigenvalue weighted by Gasteiger charge is -2.39. The number of nitrogens with one attached hydrogen (secondary N) is 1. The Balaban J connectivity index is 1.36.